The first-order valence-corrected chi connectivity index (χ1v) is 7.44. The van der Waals surface area contributed by atoms with E-state index in [-0.39, 0.29) is 0 Å². The van der Waals surface area contributed by atoms with Crippen LogP contribution in [-0.2, 0) is 4.79 Å². The Morgan fingerprint density at radius 2 is 2.06 bits per heavy atom. The van der Waals surface area contributed by atoms with Crippen molar-refractivity contribution in [2.45, 2.75) is 51.0 Å². The van der Waals surface area contributed by atoms with E-state index in [4.69, 9.17) is 5.11 Å². The van der Waals surface area contributed by atoms with Gasteiger partial charge in [0.1, 0.15) is 0 Å². The summed E-state index contributed by atoms with van der Waals surface area (Å²) in [6, 6.07) is 0.464. The number of hydrogen-bond acceptors (Lipinski definition) is 3. The second kappa shape index (κ2) is 7.10. The molecule has 1 amide bonds. The fourth-order valence-electron chi connectivity index (χ4n) is 3.17. The maximum Gasteiger partial charge on any atom is 0.222 e. The fourth-order valence-corrected chi connectivity index (χ4v) is 3.17. The molecule has 0 aromatic heterocycles. The smallest absolute Gasteiger partial charge is 0.222 e. The van der Waals surface area contributed by atoms with Gasteiger partial charge in [-0.15, -0.1) is 0 Å². The van der Waals surface area contributed by atoms with Crippen LogP contribution < -0.4 is 0 Å². The lowest BCUT2D eigenvalue weighted by atomic mass is 10.0. The van der Waals surface area contributed by atoms with Gasteiger partial charge in [-0.2, -0.15) is 0 Å². The number of aliphatic hydroxyl groups excluding tert-OH is 1. The lowest BCUT2D eigenvalue weighted by molar-refractivity contribution is -0.130. The molecule has 2 fully saturated rings. The molecule has 18 heavy (non-hydrogen) atoms. The molecule has 4 nitrogen and oxygen atoms in total. The first kappa shape index (κ1) is 13.8. The highest BCUT2D eigenvalue weighted by atomic mass is 16.2. The van der Waals surface area contributed by atoms with Crippen LogP contribution in [0.1, 0.15) is 44.9 Å². The Bertz CT molecular complexity index is 271. The molecule has 2 rings (SSSR count). The molecule has 2 saturated heterocycles. The van der Waals surface area contributed by atoms with Crippen LogP contribution in [0, 0.1) is 0 Å². The second-order valence-electron chi connectivity index (χ2n) is 5.57. The molecule has 0 aliphatic carbocycles. The summed E-state index contributed by atoms with van der Waals surface area (Å²) < 4.78 is 0. The summed E-state index contributed by atoms with van der Waals surface area (Å²) in [5, 5.41) is 8.76. The number of unbranched alkanes of at least 4 members (excludes halogenated alkanes) is 2. The van der Waals surface area contributed by atoms with Crippen LogP contribution in [0.25, 0.3) is 0 Å². The Morgan fingerprint density at radius 1 is 1.17 bits per heavy atom. The van der Waals surface area contributed by atoms with Crippen LogP contribution in [0.2, 0.25) is 0 Å². The van der Waals surface area contributed by atoms with Crippen LogP contribution in [0.5, 0.6) is 0 Å². The van der Waals surface area contributed by atoms with E-state index in [0.717, 1.165) is 45.3 Å². The minimum atomic E-state index is 0.310. The largest absolute Gasteiger partial charge is 0.396 e. The first-order chi connectivity index (χ1) is 8.81. The molecule has 1 atom stereocenters. The quantitative estimate of drug-likeness (QED) is 0.725. The van der Waals surface area contributed by atoms with Gasteiger partial charge in [0.05, 0.1) is 0 Å². The molecule has 0 radical (unpaired) electrons. The monoisotopic (exact) mass is 254 g/mol. The lowest BCUT2D eigenvalue weighted by Crippen LogP contribution is -2.48. The summed E-state index contributed by atoms with van der Waals surface area (Å²) in [6.07, 6.45) is 7.40. The third kappa shape index (κ3) is 3.69. The van der Waals surface area contributed by atoms with Crippen molar-refractivity contribution in [1.29, 1.82) is 0 Å². The van der Waals surface area contributed by atoms with E-state index < -0.39 is 0 Å². The molecule has 0 aromatic rings. The maximum absolute atomic E-state index is 11.8. The van der Waals surface area contributed by atoms with Crippen molar-refractivity contribution in [2.24, 2.45) is 0 Å². The predicted molar refractivity (Wildman–Crippen MR) is 71.3 cm³/mol. The van der Waals surface area contributed by atoms with E-state index in [1.165, 1.54) is 25.8 Å². The molecule has 1 N–H and O–H groups in total. The SMILES string of the molecule is O=C1CCCN1C1CCCN(CCCCCO)C1. The van der Waals surface area contributed by atoms with E-state index in [9.17, 15) is 4.79 Å². The van der Waals surface area contributed by atoms with Gasteiger partial charge in [0.25, 0.3) is 0 Å². The maximum atomic E-state index is 11.8. The van der Waals surface area contributed by atoms with Crippen LogP contribution in [-0.4, -0.2) is 59.6 Å². The molecular formula is C14H26N2O2. The number of aliphatic hydroxyl groups is 1. The zero-order chi connectivity index (χ0) is 12.8. The highest BCUT2D eigenvalue weighted by molar-refractivity contribution is 5.78. The van der Waals surface area contributed by atoms with Gasteiger partial charge in [0.15, 0.2) is 0 Å². The minimum absolute atomic E-state index is 0.310. The molecular weight excluding hydrogens is 228 g/mol. The van der Waals surface area contributed by atoms with Crippen molar-refractivity contribution < 1.29 is 9.90 Å². The Kier molecular flexibility index (Phi) is 5.45. The van der Waals surface area contributed by atoms with Gasteiger partial charge in [-0.1, -0.05) is 0 Å². The molecule has 2 aliphatic rings. The van der Waals surface area contributed by atoms with Crippen molar-refractivity contribution in [2.75, 3.05) is 32.8 Å². The van der Waals surface area contributed by atoms with Crippen molar-refractivity contribution in [3.63, 3.8) is 0 Å². The van der Waals surface area contributed by atoms with Crippen molar-refractivity contribution in [3.05, 3.63) is 0 Å². The van der Waals surface area contributed by atoms with Crippen LogP contribution >= 0.6 is 0 Å². The summed E-state index contributed by atoms with van der Waals surface area (Å²) in [5.74, 6) is 0.363. The number of piperidine rings is 1. The normalized spacial score (nSPS) is 25.9. The Hall–Kier alpha value is -0.610. The number of amides is 1. The average Bonchev–Trinajstić information content (AvgIpc) is 2.81. The van der Waals surface area contributed by atoms with E-state index in [1.54, 1.807) is 0 Å². The van der Waals surface area contributed by atoms with Gasteiger partial charge in [-0.3, -0.25) is 4.79 Å². The summed E-state index contributed by atoms with van der Waals surface area (Å²) >= 11 is 0. The van der Waals surface area contributed by atoms with Gasteiger partial charge in [-0.25, -0.2) is 0 Å². The van der Waals surface area contributed by atoms with Gasteiger partial charge < -0.3 is 14.9 Å². The standard InChI is InChI=1S/C14H26N2O2/c17-11-3-1-2-8-15-9-4-6-13(12-15)16-10-5-7-14(16)18/h13,17H,1-12H2. The minimum Gasteiger partial charge on any atom is -0.396 e. The highest BCUT2D eigenvalue weighted by Crippen LogP contribution is 2.21. The molecule has 0 aromatic carbocycles. The van der Waals surface area contributed by atoms with Crippen molar-refractivity contribution in [1.82, 2.24) is 9.80 Å². The first-order valence-electron chi connectivity index (χ1n) is 7.44. The molecule has 0 saturated carbocycles. The van der Waals surface area contributed by atoms with E-state index in [1.807, 2.05) is 0 Å². The predicted octanol–water partition coefficient (Wildman–Crippen LogP) is 1.24. The molecule has 104 valence electrons. The number of carbonyl (C=O) groups is 1. The third-order valence-corrected chi connectivity index (χ3v) is 4.16. The van der Waals surface area contributed by atoms with Gasteiger partial charge in [0.2, 0.25) is 5.91 Å². The lowest BCUT2D eigenvalue weighted by Gasteiger charge is -2.37. The topological polar surface area (TPSA) is 43.8 Å². The van der Waals surface area contributed by atoms with E-state index in [2.05, 4.69) is 9.80 Å². The van der Waals surface area contributed by atoms with Gasteiger partial charge >= 0.3 is 0 Å². The number of hydrogen-bond donors (Lipinski definition) is 1. The Morgan fingerprint density at radius 3 is 2.78 bits per heavy atom. The highest BCUT2D eigenvalue weighted by Gasteiger charge is 2.30. The molecule has 0 spiro atoms. The Labute approximate surface area is 110 Å². The zero-order valence-corrected chi connectivity index (χ0v) is 11.3. The Balaban J connectivity index is 1.72. The summed E-state index contributed by atoms with van der Waals surface area (Å²) in [7, 11) is 0. The molecule has 4 heteroatoms. The molecule has 1 unspecified atom stereocenters. The van der Waals surface area contributed by atoms with Gasteiger partial charge in [0, 0.05) is 32.2 Å². The third-order valence-electron chi connectivity index (χ3n) is 4.16. The molecule has 2 aliphatic heterocycles. The zero-order valence-electron chi connectivity index (χ0n) is 11.3. The van der Waals surface area contributed by atoms with Crippen LogP contribution in [0.4, 0.5) is 0 Å². The molecule has 0 bridgehead atoms. The van der Waals surface area contributed by atoms with Crippen LogP contribution in [0.3, 0.4) is 0 Å². The number of likely N-dealkylation sites (tertiary alicyclic amines) is 2. The van der Waals surface area contributed by atoms with Crippen molar-refractivity contribution in [3.8, 4) is 0 Å². The molecule has 2 heterocycles. The number of carbonyl (C=O) groups excluding carboxylic acids is 1. The fraction of sp³-hybridized carbons (Fsp3) is 0.929. The number of nitrogens with zero attached hydrogens (tertiary/aromatic N) is 2. The van der Waals surface area contributed by atoms with E-state index in [0.29, 0.717) is 18.6 Å². The van der Waals surface area contributed by atoms with Crippen LogP contribution in [0.15, 0.2) is 0 Å². The number of rotatable bonds is 6. The second-order valence-corrected chi connectivity index (χ2v) is 5.57. The van der Waals surface area contributed by atoms with E-state index >= 15 is 0 Å². The summed E-state index contributed by atoms with van der Waals surface area (Å²) in [5.41, 5.74) is 0. The van der Waals surface area contributed by atoms with Crippen molar-refractivity contribution >= 4 is 5.91 Å². The van der Waals surface area contributed by atoms with Gasteiger partial charge in [-0.05, 0) is 51.6 Å². The summed E-state index contributed by atoms with van der Waals surface area (Å²) in [4.78, 5) is 16.4. The average molecular weight is 254 g/mol. The summed E-state index contributed by atoms with van der Waals surface area (Å²) in [6.45, 7) is 4.65.